The van der Waals surface area contributed by atoms with E-state index in [0.29, 0.717) is 13.0 Å². The van der Waals surface area contributed by atoms with Crippen molar-refractivity contribution in [2.75, 3.05) is 6.54 Å². The number of aromatic nitrogens is 1. The predicted molar refractivity (Wildman–Crippen MR) is 94.9 cm³/mol. The number of benzene rings is 1. The van der Waals surface area contributed by atoms with E-state index in [2.05, 4.69) is 15.6 Å². The van der Waals surface area contributed by atoms with Crippen LogP contribution in [0.25, 0.3) is 0 Å². The first-order chi connectivity index (χ1) is 12.6. The van der Waals surface area contributed by atoms with Crippen molar-refractivity contribution >= 4 is 17.8 Å². The van der Waals surface area contributed by atoms with E-state index < -0.39 is 12.1 Å². The van der Waals surface area contributed by atoms with Gasteiger partial charge in [0.05, 0.1) is 13.0 Å². The van der Waals surface area contributed by atoms with Gasteiger partial charge in [-0.3, -0.25) is 19.5 Å². The third kappa shape index (κ3) is 4.44. The number of carbonyl (C=O) groups is 3. The van der Waals surface area contributed by atoms with Crippen LogP contribution < -0.4 is 10.6 Å². The molecule has 0 bridgehead atoms. The smallest absolute Gasteiger partial charge is 0.325 e. The summed E-state index contributed by atoms with van der Waals surface area (Å²) in [4.78, 5) is 41.8. The van der Waals surface area contributed by atoms with Gasteiger partial charge in [0.25, 0.3) is 5.91 Å². The summed E-state index contributed by atoms with van der Waals surface area (Å²) in [6.07, 6.45) is 2.24. The predicted octanol–water partition coefficient (Wildman–Crippen LogP) is 1.25. The van der Waals surface area contributed by atoms with Gasteiger partial charge < -0.3 is 10.6 Å². The molecule has 0 saturated carbocycles. The monoisotopic (exact) mass is 352 g/mol. The lowest BCUT2D eigenvalue weighted by atomic mass is 10.1. The molecule has 7 heteroatoms. The number of pyridine rings is 1. The van der Waals surface area contributed by atoms with Gasteiger partial charge in [0, 0.05) is 24.9 Å². The lowest BCUT2D eigenvalue weighted by Gasteiger charge is -2.13. The Hall–Kier alpha value is -3.22. The van der Waals surface area contributed by atoms with Crippen molar-refractivity contribution in [2.24, 2.45) is 0 Å². The minimum absolute atomic E-state index is 0.0713. The fourth-order valence-corrected chi connectivity index (χ4v) is 2.76. The summed E-state index contributed by atoms with van der Waals surface area (Å²) in [5.41, 5.74) is 1.74. The summed E-state index contributed by atoms with van der Waals surface area (Å²) >= 11 is 0. The standard InChI is InChI=1S/C19H20N4O3/c24-17(21-11-9-15-8-4-5-10-20-15)12-16-18(25)23(19(26)22-16)13-14-6-2-1-3-7-14/h1-8,10,16H,9,11-13H2,(H,21,24)(H,22,26)/t16-/m1/s1. The highest BCUT2D eigenvalue weighted by Crippen LogP contribution is 2.13. The molecule has 7 nitrogen and oxygen atoms in total. The molecule has 1 fully saturated rings. The third-order valence-electron chi connectivity index (χ3n) is 4.11. The summed E-state index contributed by atoms with van der Waals surface area (Å²) < 4.78 is 0. The molecule has 0 spiro atoms. The van der Waals surface area contributed by atoms with E-state index in [1.807, 2.05) is 48.5 Å². The fourth-order valence-electron chi connectivity index (χ4n) is 2.76. The minimum atomic E-state index is -0.818. The molecule has 0 unspecified atom stereocenters. The summed E-state index contributed by atoms with van der Waals surface area (Å²) in [7, 11) is 0. The molecule has 2 heterocycles. The number of carbonyl (C=O) groups excluding carboxylic acids is 3. The number of amides is 4. The van der Waals surface area contributed by atoms with Gasteiger partial charge in [0.2, 0.25) is 5.91 Å². The zero-order chi connectivity index (χ0) is 18.4. The van der Waals surface area contributed by atoms with Gasteiger partial charge in [0.1, 0.15) is 6.04 Å². The normalized spacial score (nSPS) is 16.5. The largest absolute Gasteiger partial charge is 0.356 e. The second kappa shape index (κ2) is 8.24. The molecule has 1 atom stereocenters. The Balaban J connectivity index is 1.48. The van der Waals surface area contributed by atoms with Crippen molar-refractivity contribution in [1.82, 2.24) is 20.5 Å². The number of nitrogens with zero attached hydrogens (tertiary/aromatic N) is 2. The SMILES string of the molecule is O=C(C[C@H]1NC(=O)N(Cc2ccccc2)C1=O)NCCc1ccccn1. The average molecular weight is 352 g/mol. The Labute approximate surface area is 151 Å². The molecule has 3 rings (SSSR count). The van der Waals surface area contributed by atoms with Crippen LogP contribution >= 0.6 is 0 Å². The van der Waals surface area contributed by atoms with Crippen LogP contribution in [0, 0.1) is 0 Å². The van der Waals surface area contributed by atoms with Crippen LogP contribution in [-0.2, 0) is 22.6 Å². The van der Waals surface area contributed by atoms with Gasteiger partial charge in [-0.05, 0) is 17.7 Å². The van der Waals surface area contributed by atoms with E-state index in [0.717, 1.165) is 16.2 Å². The van der Waals surface area contributed by atoms with E-state index in [9.17, 15) is 14.4 Å². The summed E-state index contributed by atoms with van der Waals surface area (Å²) in [6.45, 7) is 0.627. The highest BCUT2D eigenvalue weighted by Gasteiger charge is 2.38. The Kier molecular flexibility index (Phi) is 5.58. The Morgan fingerprint density at radius 3 is 2.62 bits per heavy atom. The summed E-state index contributed by atoms with van der Waals surface area (Å²) in [6, 6.07) is 13.6. The van der Waals surface area contributed by atoms with Gasteiger partial charge in [-0.1, -0.05) is 36.4 Å². The highest BCUT2D eigenvalue weighted by atomic mass is 16.2. The van der Waals surface area contributed by atoms with Gasteiger partial charge in [-0.2, -0.15) is 0 Å². The van der Waals surface area contributed by atoms with Gasteiger partial charge in [-0.25, -0.2) is 4.79 Å². The van der Waals surface area contributed by atoms with E-state index >= 15 is 0 Å². The van der Waals surface area contributed by atoms with Crippen LogP contribution in [0.1, 0.15) is 17.7 Å². The van der Waals surface area contributed by atoms with E-state index in [4.69, 9.17) is 0 Å². The number of rotatable bonds is 7. The third-order valence-corrected chi connectivity index (χ3v) is 4.11. The van der Waals surface area contributed by atoms with Gasteiger partial charge in [0.15, 0.2) is 0 Å². The molecule has 1 aromatic heterocycles. The second-order valence-corrected chi connectivity index (χ2v) is 6.04. The van der Waals surface area contributed by atoms with E-state index in [-0.39, 0.29) is 24.8 Å². The van der Waals surface area contributed by atoms with Crippen LogP contribution in [-0.4, -0.2) is 40.3 Å². The summed E-state index contributed by atoms with van der Waals surface area (Å²) in [5, 5.41) is 5.33. The number of urea groups is 1. The molecular formula is C19H20N4O3. The maximum Gasteiger partial charge on any atom is 0.325 e. The Morgan fingerprint density at radius 1 is 1.12 bits per heavy atom. The number of imide groups is 1. The number of hydrogen-bond donors (Lipinski definition) is 2. The van der Waals surface area contributed by atoms with Crippen molar-refractivity contribution < 1.29 is 14.4 Å². The fraction of sp³-hybridized carbons (Fsp3) is 0.263. The van der Waals surface area contributed by atoms with Gasteiger partial charge >= 0.3 is 6.03 Å². The van der Waals surface area contributed by atoms with Gasteiger partial charge in [-0.15, -0.1) is 0 Å². The maximum absolute atomic E-state index is 12.4. The van der Waals surface area contributed by atoms with Crippen LogP contribution in [0.3, 0.4) is 0 Å². The first-order valence-corrected chi connectivity index (χ1v) is 8.46. The van der Waals surface area contributed by atoms with Crippen molar-refractivity contribution in [1.29, 1.82) is 0 Å². The molecule has 1 aliphatic rings. The maximum atomic E-state index is 12.4. The molecule has 1 aliphatic heterocycles. The lowest BCUT2D eigenvalue weighted by Crippen LogP contribution is -2.37. The molecular weight excluding hydrogens is 332 g/mol. The lowest BCUT2D eigenvalue weighted by molar-refractivity contribution is -0.131. The van der Waals surface area contributed by atoms with Crippen LogP contribution in [0.5, 0.6) is 0 Å². The first kappa shape index (κ1) is 17.6. The van der Waals surface area contributed by atoms with Crippen molar-refractivity contribution in [3.63, 3.8) is 0 Å². The Morgan fingerprint density at radius 2 is 1.88 bits per heavy atom. The topological polar surface area (TPSA) is 91.4 Å². The molecule has 2 aromatic rings. The quantitative estimate of drug-likeness (QED) is 0.734. The van der Waals surface area contributed by atoms with Crippen LogP contribution in [0.2, 0.25) is 0 Å². The van der Waals surface area contributed by atoms with E-state index in [1.165, 1.54) is 0 Å². The molecule has 134 valence electrons. The zero-order valence-corrected chi connectivity index (χ0v) is 14.2. The van der Waals surface area contributed by atoms with Crippen molar-refractivity contribution in [3.8, 4) is 0 Å². The zero-order valence-electron chi connectivity index (χ0n) is 14.2. The second-order valence-electron chi connectivity index (χ2n) is 6.04. The van der Waals surface area contributed by atoms with Crippen LogP contribution in [0.4, 0.5) is 4.79 Å². The van der Waals surface area contributed by atoms with Crippen LogP contribution in [0.15, 0.2) is 54.7 Å². The summed E-state index contributed by atoms with van der Waals surface area (Å²) in [5.74, 6) is -0.653. The molecule has 1 saturated heterocycles. The highest BCUT2D eigenvalue weighted by molar-refractivity contribution is 6.05. The molecule has 1 aromatic carbocycles. The Bertz CT molecular complexity index is 780. The first-order valence-electron chi connectivity index (χ1n) is 8.46. The molecule has 4 amide bonds. The molecule has 0 aliphatic carbocycles. The van der Waals surface area contributed by atoms with Crippen molar-refractivity contribution in [2.45, 2.75) is 25.4 Å². The molecule has 26 heavy (non-hydrogen) atoms. The van der Waals surface area contributed by atoms with Crippen molar-refractivity contribution in [3.05, 3.63) is 66.0 Å². The molecule has 0 radical (unpaired) electrons. The number of hydrogen-bond acceptors (Lipinski definition) is 4. The minimum Gasteiger partial charge on any atom is -0.356 e. The van der Waals surface area contributed by atoms with E-state index in [1.54, 1.807) is 6.20 Å². The average Bonchev–Trinajstić information content (AvgIpc) is 2.91. The number of nitrogens with one attached hydrogen (secondary N) is 2. The molecule has 2 N–H and O–H groups in total.